The van der Waals surface area contributed by atoms with E-state index in [4.69, 9.17) is 5.73 Å². The van der Waals surface area contributed by atoms with Crippen LogP contribution in [-0.2, 0) is 0 Å². The normalized spacial score (nSPS) is 10.5. The van der Waals surface area contributed by atoms with Crippen LogP contribution < -0.4 is 11.1 Å². The molecule has 0 aliphatic carbocycles. The highest BCUT2D eigenvalue weighted by Gasteiger charge is 2.07. The summed E-state index contributed by atoms with van der Waals surface area (Å²) in [6.45, 7) is 4.61. The molecule has 0 atom stereocenters. The van der Waals surface area contributed by atoms with E-state index in [0.717, 1.165) is 12.4 Å². The predicted octanol–water partition coefficient (Wildman–Crippen LogP) is 1.07. The summed E-state index contributed by atoms with van der Waals surface area (Å²) >= 11 is 1.34. The lowest BCUT2D eigenvalue weighted by molar-refractivity contribution is 0.961. The van der Waals surface area contributed by atoms with E-state index >= 15 is 0 Å². The van der Waals surface area contributed by atoms with Crippen molar-refractivity contribution >= 4 is 23.5 Å². The maximum absolute atomic E-state index is 5.62. The standard InChI is InChI=1S/C9H13N7S/c1-3-11-6-4-7(14-8(10)13-6)17-9-12-5(2)15-16-9/h4H,3H2,1-2H3,(H,12,15,16)(H3,10,11,13,14). The van der Waals surface area contributed by atoms with Crippen molar-refractivity contribution in [2.75, 3.05) is 17.6 Å². The Balaban J connectivity index is 2.20. The highest BCUT2D eigenvalue weighted by atomic mass is 32.2. The van der Waals surface area contributed by atoms with Gasteiger partial charge in [0, 0.05) is 12.6 Å². The first-order valence-corrected chi connectivity index (χ1v) is 5.94. The van der Waals surface area contributed by atoms with Gasteiger partial charge in [0.2, 0.25) is 11.1 Å². The lowest BCUT2D eigenvalue weighted by Gasteiger charge is -2.04. The van der Waals surface area contributed by atoms with Crippen molar-refractivity contribution < 1.29 is 0 Å². The Morgan fingerprint density at radius 1 is 1.41 bits per heavy atom. The van der Waals surface area contributed by atoms with Crippen LogP contribution >= 0.6 is 11.8 Å². The number of H-pyrrole nitrogens is 1. The van der Waals surface area contributed by atoms with Crippen LogP contribution in [0, 0.1) is 6.92 Å². The lowest BCUT2D eigenvalue weighted by atomic mass is 10.5. The molecule has 8 heteroatoms. The Bertz CT molecular complexity index is 510. The van der Waals surface area contributed by atoms with Crippen molar-refractivity contribution in [1.29, 1.82) is 0 Å². The van der Waals surface area contributed by atoms with E-state index < -0.39 is 0 Å². The second-order valence-electron chi connectivity index (χ2n) is 3.29. The molecule has 0 unspecified atom stereocenters. The van der Waals surface area contributed by atoms with Gasteiger partial charge in [-0.15, -0.1) is 5.10 Å². The molecular weight excluding hydrogens is 238 g/mol. The van der Waals surface area contributed by atoms with Crippen molar-refractivity contribution in [3.63, 3.8) is 0 Å². The molecule has 17 heavy (non-hydrogen) atoms. The van der Waals surface area contributed by atoms with Gasteiger partial charge in [0.25, 0.3) is 0 Å². The number of anilines is 2. The van der Waals surface area contributed by atoms with Crippen LogP contribution in [0.4, 0.5) is 11.8 Å². The number of aromatic nitrogens is 5. The third-order valence-corrected chi connectivity index (χ3v) is 2.63. The summed E-state index contributed by atoms with van der Waals surface area (Å²) in [7, 11) is 0. The molecule has 90 valence electrons. The van der Waals surface area contributed by atoms with Crippen LogP contribution in [0.25, 0.3) is 0 Å². The number of aromatic amines is 1. The van der Waals surface area contributed by atoms with E-state index in [9.17, 15) is 0 Å². The fourth-order valence-electron chi connectivity index (χ4n) is 1.23. The number of nitrogens with zero attached hydrogens (tertiary/aromatic N) is 4. The minimum absolute atomic E-state index is 0.234. The SMILES string of the molecule is CCNc1cc(Sc2n[nH]c(C)n2)nc(N)n1. The van der Waals surface area contributed by atoms with Crippen LogP contribution in [0.5, 0.6) is 0 Å². The molecule has 0 amide bonds. The first-order chi connectivity index (χ1) is 8.17. The Morgan fingerprint density at radius 2 is 2.24 bits per heavy atom. The molecule has 4 N–H and O–H groups in total. The van der Waals surface area contributed by atoms with Crippen LogP contribution in [0.15, 0.2) is 16.2 Å². The summed E-state index contributed by atoms with van der Waals surface area (Å²) < 4.78 is 0. The molecule has 2 aromatic heterocycles. The zero-order valence-corrected chi connectivity index (χ0v) is 10.4. The predicted molar refractivity (Wildman–Crippen MR) is 65.9 cm³/mol. The molecule has 0 fully saturated rings. The molecule has 0 saturated heterocycles. The Hall–Kier alpha value is -1.83. The van der Waals surface area contributed by atoms with Gasteiger partial charge in [-0.3, -0.25) is 5.10 Å². The Morgan fingerprint density at radius 3 is 2.88 bits per heavy atom. The van der Waals surface area contributed by atoms with Gasteiger partial charge in [-0.1, -0.05) is 0 Å². The van der Waals surface area contributed by atoms with E-state index in [0.29, 0.717) is 16.0 Å². The molecular formula is C9H13N7S. The van der Waals surface area contributed by atoms with Gasteiger partial charge in [-0.05, 0) is 25.6 Å². The lowest BCUT2D eigenvalue weighted by Crippen LogP contribution is -2.03. The molecule has 7 nitrogen and oxygen atoms in total. The van der Waals surface area contributed by atoms with Crippen molar-refractivity contribution in [3.05, 3.63) is 11.9 Å². The summed E-state index contributed by atoms with van der Waals surface area (Å²) in [5.74, 6) is 1.70. The molecule has 2 rings (SSSR count). The zero-order chi connectivity index (χ0) is 12.3. The molecule has 0 aliphatic heterocycles. The number of hydrogen-bond donors (Lipinski definition) is 3. The molecule has 2 heterocycles. The Labute approximate surface area is 103 Å². The van der Waals surface area contributed by atoms with Gasteiger partial charge in [0.15, 0.2) is 0 Å². The summed E-state index contributed by atoms with van der Waals surface area (Å²) in [4.78, 5) is 12.4. The molecule has 2 aromatic rings. The second kappa shape index (κ2) is 5.00. The smallest absolute Gasteiger partial charge is 0.223 e. The maximum Gasteiger partial charge on any atom is 0.223 e. The van der Waals surface area contributed by atoms with Gasteiger partial charge in [0.1, 0.15) is 16.7 Å². The van der Waals surface area contributed by atoms with Crippen LogP contribution in [-0.4, -0.2) is 31.7 Å². The fraction of sp³-hybridized carbons (Fsp3) is 0.333. The van der Waals surface area contributed by atoms with E-state index in [1.54, 1.807) is 0 Å². The number of rotatable bonds is 4. The summed E-state index contributed by atoms with van der Waals surface area (Å²) in [5.41, 5.74) is 5.62. The molecule has 0 radical (unpaired) electrons. The van der Waals surface area contributed by atoms with Crippen LogP contribution in [0.2, 0.25) is 0 Å². The van der Waals surface area contributed by atoms with Gasteiger partial charge >= 0.3 is 0 Å². The highest BCUT2D eigenvalue weighted by Crippen LogP contribution is 2.24. The van der Waals surface area contributed by atoms with Crippen LogP contribution in [0.3, 0.4) is 0 Å². The van der Waals surface area contributed by atoms with Crippen molar-refractivity contribution in [2.24, 2.45) is 0 Å². The van der Waals surface area contributed by atoms with Gasteiger partial charge < -0.3 is 11.1 Å². The third-order valence-electron chi connectivity index (χ3n) is 1.85. The number of nitrogens with two attached hydrogens (primary N) is 1. The van der Waals surface area contributed by atoms with Gasteiger partial charge in [-0.25, -0.2) is 9.97 Å². The average Bonchev–Trinajstić information content (AvgIpc) is 2.63. The van der Waals surface area contributed by atoms with Crippen molar-refractivity contribution in [1.82, 2.24) is 25.1 Å². The monoisotopic (exact) mass is 251 g/mol. The minimum Gasteiger partial charge on any atom is -0.370 e. The zero-order valence-electron chi connectivity index (χ0n) is 9.56. The second-order valence-corrected chi connectivity index (χ2v) is 4.27. The fourth-order valence-corrected chi connectivity index (χ4v) is 2.00. The molecule has 0 aliphatic rings. The van der Waals surface area contributed by atoms with Crippen molar-refractivity contribution in [2.45, 2.75) is 24.0 Å². The van der Waals surface area contributed by atoms with E-state index in [1.807, 2.05) is 19.9 Å². The first kappa shape index (κ1) is 11.6. The van der Waals surface area contributed by atoms with Crippen molar-refractivity contribution in [3.8, 4) is 0 Å². The number of aryl methyl sites for hydroxylation is 1. The largest absolute Gasteiger partial charge is 0.370 e. The van der Waals surface area contributed by atoms with E-state index in [1.165, 1.54) is 11.8 Å². The topological polar surface area (TPSA) is 105 Å². The quantitative estimate of drug-likeness (QED) is 0.698. The molecule has 0 aromatic carbocycles. The molecule has 0 spiro atoms. The number of hydrogen-bond acceptors (Lipinski definition) is 7. The number of nitrogens with one attached hydrogen (secondary N) is 2. The van der Waals surface area contributed by atoms with Crippen LogP contribution in [0.1, 0.15) is 12.7 Å². The average molecular weight is 251 g/mol. The third kappa shape index (κ3) is 3.06. The summed E-state index contributed by atoms with van der Waals surface area (Å²) in [5, 5.41) is 11.2. The maximum atomic E-state index is 5.62. The minimum atomic E-state index is 0.234. The Kier molecular flexibility index (Phi) is 3.43. The first-order valence-electron chi connectivity index (χ1n) is 5.12. The molecule has 0 saturated carbocycles. The number of nitrogen functional groups attached to an aromatic ring is 1. The summed E-state index contributed by atoms with van der Waals surface area (Å²) in [6.07, 6.45) is 0. The van der Waals surface area contributed by atoms with E-state index in [2.05, 4.69) is 30.5 Å². The van der Waals surface area contributed by atoms with E-state index in [-0.39, 0.29) is 5.95 Å². The van der Waals surface area contributed by atoms with Gasteiger partial charge in [0.05, 0.1) is 0 Å². The van der Waals surface area contributed by atoms with Gasteiger partial charge in [-0.2, -0.15) is 4.98 Å². The summed E-state index contributed by atoms with van der Waals surface area (Å²) in [6, 6.07) is 1.82. The molecule has 0 bridgehead atoms. The highest BCUT2D eigenvalue weighted by molar-refractivity contribution is 7.99.